The Bertz CT molecular complexity index is 528. The van der Waals surface area contributed by atoms with E-state index in [4.69, 9.17) is 10.1 Å². The SMILES string of the molecule is CCCCCN(C)c1cc(C(=O)NCCO)cc(N(CCC)SC)n1. The van der Waals surface area contributed by atoms with Gasteiger partial charge in [-0.15, -0.1) is 0 Å². The van der Waals surface area contributed by atoms with E-state index >= 15 is 0 Å². The lowest BCUT2D eigenvalue weighted by Crippen LogP contribution is -2.28. The van der Waals surface area contributed by atoms with Gasteiger partial charge < -0.3 is 19.6 Å². The lowest BCUT2D eigenvalue weighted by Gasteiger charge is -2.24. The summed E-state index contributed by atoms with van der Waals surface area (Å²) in [4.78, 5) is 19.2. The van der Waals surface area contributed by atoms with E-state index in [0.29, 0.717) is 5.56 Å². The molecule has 2 N–H and O–H groups in total. The van der Waals surface area contributed by atoms with Crippen molar-refractivity contribution in [3.63, 3.8) is 0 Å². The second-order valence-electron chi connectivity index (χ2n) is 5.97. The van der Waals surface area contributed by atoms with Gasteiger partial charge in [0.1, 0.15) is 11.6 Å². The van der Waals surface area contributed by atoms with E-state index in [1.54, 1.807) is 11.9 Å². The van der Waals surface area contributed by atoms with Gasteiger partial charge in [-0.05, 0) is 25.0 Å². The van der Waals surface area contributed by atoms with Crippen LogP contribution in [0.2, 0.25) is 0 Å². The van der Waals surface area contributed by atoms with Crippen molar-refractivity contribution in [2.75, 3.05) is 48.7 Å². The Hall–Kier alpha value is -1.47. The minimum absolute atomic E-state index is 0.0692. The van der Waals surface area contributed by atoms with Crippen LogP contribution in [0.25, 0.3) is 0 Å². The second kappa shape index (κ2) is 12.0. The summed E-state index contributed by atoms with van der Waals surface area (Å²) in [5.74, 6) is 1.42. The van der Waals surface area contributed by atoms with Crippen LogP contribution in [0.1, 0.15) is 49.9 Å². The number of amides is 1. The minimum Gasteiger partial charge on any atom is -0.395 e. The number of nitrogens with zero attached hydrogens (tertiary/aromatic N) is 3. The summed E-state index contributed by atoms with van der Waals surface area (Å²) >= 11 is 1.61. The number of anilines is 2. The van der Waals surface area contributed by atoms with Crippen molar-refractivity contribution in [1.29, 1.82) is 0 Å². The lowest BCUT2D eigenvalue weighted by atomic mass is 10.2. The topological polar surface area (TPSA) is 68.7 Å². The number of carbonyl (C=O) groups is 1. The fraction of sp³-hybridized carbons (Fsp3) is 0.667. The van der Waals surface area contributed by atoms with Crippen LogP contribution >= 0.6 is 11.9 Å². The fourth-order valence-corrected chi connectivity index (χ4v) is 3.09. The van der Waals surface area contributed by atoms with Gasteiger partial charge in [0.15, 0.2) is 0 Å². The van der Waals surface area contributed by atoms with Crippen LogP contribution in [0.3, 0.4) is 0 Å². The molecule has 6 nitrogen and oxygen atoms in total. The maximum atomic E-state index is 12.4. The Balaban J connectivity index is 3.10. The van der Waals surface area contributed by atoms with Gasteiger partial charge in [0, 0.05) is 38.5 Å². The molecule has 25 heavy (non-hydrogen) atoms. The summed E-state index contributed by atoms with van der Waals surface area (Å²) in [6.45, 7) is 6.27. The molecule has 0 unspecified atom stereocenters. The van der Waals surface area contributed by atoms with Crippen molar-refractivity contribution in [1.82, 2.24) is 10.3 Å². The van der Waals surface area contributed by atoms with Gasteiger partial charge in [0.2, 0.25) is 0 Å². The molecule has 0 aliphatic carbocycles. The molecule has 0 aliphatic heterocycles. The third-order valence-corrected chi connectivity index (χ3v) is 4.66. The minimum atomic E-state index is -0.182. The summed E-state index contributed by atoms with van der Waals surface area (Å²) < 4.78 is 2.10. The number of aliphatic hydroxyl groups is 1. The van der Waals surface area contributed by atoms with Crippen LogP contribution in [0.4, 0.5) is 11.6 Å². The van der Waals surface area contributed by atoms with Crippen LogP contribution in [0.15, 0.2) is 12.1 Å². The molecule has 0 saturated heterocycles. The van der Waals surface area contributed by atoms with Crippen molar-refractivity contribution in [2.24, 2.45) is 0 Å². The third-order valence-electron chi connectivity index (χ3n) is 3.85. The summed E-state index contributed by atoms with van der Waals surface area (Å²) in [5.41, 5.74) is 0.575. The van der Waals surface area contributed by atoms with E-state index < -0.39 is 0 Å². The number of rotatable bonds is 12. The first kappa shape index (κ1) is 21.6. The zero-order chi connectivity index (χ0) is 18.7. The molecule has 0 aliphatic rings. The zero-order valence-electron chi connectivity index (χ0n) is 15.9. The molecule has 1 amide bonds. The average molecular weight is 369 g/mol. The van der Waals surface area contributed by atoms with Crippen LogP contribution in [-0.4, -0.2) is 55.5 Å². The van der Waals surface area contributed by atoms with E-state index in [1.807, 2.05) is 25.4 Å². The highest BCUT2D eigenvalue weighted by Crippen LogP contribution is 2.24. The predicted molar refractivity (Wildman–Crippen MR) is 108 cm³/mol. The highest BCUT2D eigenvalue weighted by atomic mass is 32.2. The van der Waals surface area contributed by atoms with Crippen LogP contribution in [0, 0.1) is 0 Å². The van der Waals surface area contributed by atoms with Crippen LogP contribution in [0.5, 0.6) is 0 Å². The van der Waals surface area contributed by atoms with E-state index in [-0.39, 0.29) is 19.1 Å². The number of pyridine rings is 1. The number of aromatic nitrogens is 1. The summed E-state index contributed by atoms with van der Waals surface area (Å²) in [6, 6.07) is 3.65. The molecule has 0 bridgehead atoms. The van der Waals surface area contributed by atoms with Crippen LogP contribution in [-0.2, 0) is 0 Å². The van der Waals surface area contributed by atoms with Crippen molar-refractivity contribution >= 4 is 29.5 Å². The van der Waals surface area contributed by atoms with Gasteiger partial charge in [-0.2, -0.15) is 0 Å². The first-order valence-electron chi connectivity index (χ1n) is 9.01. The van der Waals surface area contributed by atoms with E-state index in [0.717, 1.165) is 37.6 Å². The van der Waals surface area contributed by atoms with E-state index in [1.165, 1.54) is 12.8 Å². The van der Waals surface area contributed by atoms with Crippen LogP contribution < -0.4 is 14.5 Å². The molecule has 1 heterocycles. The molecule has 0 radical (unpaired) electrons. The van der Waals surface area contributed by atoms with Gasteiger partial charge in [0.05, 0.1) is 6.61 Å². The Morgan fingerprint density at radius 3 is 2.52 bits per heavy atom. The second-order valence-corrected chi connectivity index (χ2v) is 6.77. The molecular weight excluding hydrogens is 336 g/mol. The quantitative estimate of drug-likeness (QED) is 0.437. The summed E-state index contributed by atoms with van der Waals surface area (Å²) in [5, 5.41) is 11.7. The smallest absolute Gasteiger partial charge is 0.251 e. The maximum Gasteiger partial charge on any atom is 0.251 e. The average Bonchev–Trinajstić information content (AvgIpc) is 2.63. The Kier molecular flexibility index (Phi) is 10.3. The first-order valence-corrected chi connectivity index (χ1v) is 10.2. The predicted octanol–water partition coefficient (Wildman–Crippen LogP) is 2.92. The van der Waals surface area contributed by atoms with Gasteiger partial charge in [0.25, 0.3) is 5.91 Å². The number of nitrogens with one attached hydrogen (secondary N) is 1. The van der Waals surface area contributed by atoms with E-state index in [2.05, 4.69) is 28.4 Å². The molecule has 1 aromatic rings. The first-order chi connectivity index (χ1) is 12.1. The van der Waals surface area contributed by atoms with Gasteiger partial charge in [-0.3, -0.25) is 4.79 Å². The van der Waals surface area contributed by atoms with Crippen molar-refractivity contribution < 1.29 is 9.90 Å². The van der Waals surface area contributed by atoms with Crippen molar-refractivity contribution in [3.8, 4) is 0 Å². The Morgan fingerprint density at radius 1 is 1.20 bits per heavy atom. The summed E-state index contributed by atoms with van der Waals surface area (Å²) in [6.07, 6.45) is 6.48. The zero-order valence-corrected chi connectivity index (χ0v) is 16.7. The highest BCUT2D eigenvalue weighted by molar-refractivity contribution is 7.99. The monoisotopic (exact) mass is 368 g/mol. The lowest BCUT2D eigenvalue weighted by molar-refractivity contribution is 0.0944. The molecule has 0 aromatic carbocycles. The van der Waals surface area contributed by atoms with E-state index in [9.17, 15) is 4.79 Å². The maximum absolute atomic E-state index is 12.4. The molecule has 0 atom stereocenters. The number of carbonyl (C=O) groups excluding carboxylic acids is 1. The van der Waals surface area contributed by atoms with Gasteiger partial charge >= 0.3 is 0 Å². The molecular formula is C18H32N4O2S. The van der Waals surface area contributed by atoms with Gasteiger partial charge in [-0.1, -0.05) is 38.6 Å². The molecule has 0 saturated carbocycles. The Morgan fingerprint density at radius 2 is 1.92 bits per heavy atom. The third kappa shape index (κ3) is 7.12. The van der Waals surface area contributed by atoms with Crippen molar-refractivity contribution in [2.45, 2.75) is 39.5 Å². The van der Waals surface area contributed by atoms with Gasteiger partial charge in [-0.25, -0.2) is 4.98 Å². The number of aliphatic hydroxyl groups excluding tert-OH is 1. The molecule has 142 valence electrons. The summed E-state index contributed by atoms with van der Waals surface area (Å²) in [7, 11) is 2.01. The highest BCUT2D eigenvalue weighted by Gasteiger charge is 2.15. The Labute approximate surface area is 156 Å². The number of hydrogen-bond donors (Lipinski definition) is 2. The van der Waals surface area contributed by atoms with Crippen molar-refractivity contribution in [3.05, 3.63) is 17.7 Å². The largest absolute Gasteiger partial charge is 0.395 e. The molecule has 0 spiro atoms. The molecule has 7 heteroatoms. The molecule has 1 rings (SSSR count). The normalized spacial score (nSPS) is 10.6. The molecule has 1 aromatic heterocycles. The number of unbranched alkanes of at least 4 members (excludes halogenated alkanes) is 2. The standard InChI is InChI=1S/C18H32N4O2S/c1-5-7-8-11-21(3)16-13-15(18(24)19-9-12-23)14-17(20-16)22(25-4)10-6-2/h13-14,23H,5-12H2,1-4H3,(H,19,24). The number of hydrogen-bond acceptors (Lipinski definition) is 6. The molecule has 0 fully saturated rings. The fourth-order valence-electron chi connectivity index (χ4n) is 2.44.